The van der Waals surface area contributed by atoms with Crippen LogP contribution in [0.2, 0.25) is 0 Å². The summed E-state index contributed by atoms with van der Waals surface area (Å²) in [6.07, 6.45) is 4.69. The van der Waals surface area contributed by atoms with Gasteiger partial charge in [-0.25, -0.2) is 13.2 Å². The van der Waals surface area contributed by atoms with E-state index in [0.29, 0.717) is 18.0 Å². The summed E-state index contributed by atoms with van der Waals surface area (Å²) in [5.41, 5.74) is 0.811. The van der Waals surface area contributed by atoms with Gasteiger partial charge in [0.15, 0.2) is 0 Å². The van der Waals surface area contributed by atoms with Crippen molar-refractivity contribution in [2.24, 2.45) is 0 Å². The third-order valence-electron chi connectivity index (χ3n) is 4.60. The normalized spacial score (nSPS) is 17.8. The number of nitrogens with zero attached hydrogens (tertiary/aromatic N) is 2. The number of rotatable bonds is 4. The van der Waals surface area contributed by atoms with E-state index in [1.54, 1.807) is 40.2 Å². The molecule has 1 aromatic heterocycles. The average molecular weight is 350 g/mol. The summed E-state index contributed by atoms with van der Waals surface area (Å²) >= 11 is 0. The fourth-order valence-corrected chi connectivity index (χ4v) is 4.73. The van der Waals surface area contributed by atoms with Crippen molar-refractivity contribution in [1.82, 2.24) is 8.87 Å². The Morgan fingerprint density at radius 3 is 2.54 bits per heavy atom. The molecule has 0 saturated carbocycles. The third kappa shape index (κ3) is 2.93. The minimum Gasteiger partial charge on any atom is -0.467 e. The van der Waals surface area contributed by atoms with Gasteiger partial charge in [-0.3, -0.25) is 0 Å². The van der Waals surface area contributed by atoms with Gasteiger partial charge in [0.1, 0.15) is 6.04 Å². The lowest BCUT2D eigenvalue weighted by Crippen LogP contribution is -2.35. The second-order valence-electron chi connectivity index (χ2n) is 6.11. The molecule has 24 heavy (non-hydrogen) atoms. The maximum atomic E-state index is 12.8. The van der Waals surface area contributed by atoms with Crippen molar-refractivity contribution in [3.8, 4) is 0 Å². The lowest BCUT2D eigenvalue weighted by molar-refractivity contribution is -0.143. The first-order valence-electron chi connectivity index (χ1n) is 8.14. The number of carbonyl (C=O) groups excluding carboxylic acids is 1. The Kier molecular flexibility index (Phi) is 4.64. The number of methoxy groups -OCH3 is 1. The summed E-state index contributed by atoms with van der Waals surface area (Å²) in [6, 6.07) is 6.42. The number of sulfonamides is 1. The molecule has 3 rings (SSSR count). The van der Waals surface area contributed by atoms with Gasteiger partial charge in [0, 0.05) is 30.2 Å². The summed E-state index contributed by atoms with van der Waals surface area (Å²) in [7, 11) is -2.10. The van der Waals surface area contributed by atoms with Crippen LogP contribution >= 0.6 is 0 Å². The number of piperidine rings is 1. The largest absolute Gasteiger partial charge is 0.467 e. The van der Waals surface area contributed by atoms with Gasteiger partial charge in [-0.2, -0.15) is 4.31 Å². The zero-order valence-electron chi connectivity index (χ0n) is 13.9. The van der Waals surface area contributed by atoms with Crippen LogP contribution in [0.3, 0.4) is 0 Å². The number of fused-ring (bicyclic) bond motifs is 1. The first-order chi connectivity index (χ1) is 11.4. The van der Waals surface area contributed by atoms with Crippen LogP contribution in [0.25, 0.3) is 10.9 Å². The minimum absolute atomic E-state index is 0.306. The number of aromatic nitrogens is 1. The molecule has 1 fully saturated rings. The van der Waals surface area contributed by atoms with E-state index in [1.165, 1.54) is 7.11 Å². The van der Waals surface area contributed by atoms with Crippen molar-refractivity contribution < 1.29 is 17.9 Å². The van der Waals surface area contributed by atoms with Gasteiger partial charge in [0.05, 0.1) is 12.0 Å². The van der Waals surface area contributed by atoms with Crippen molar-refractivity contribution in [3.05, 3.63) is 30.5 Å². The summed E-state index contributed by atoms with van der Waals surface area (Å²) in [5.74, 6) is -0.336. The molecule has 0 N–H and O–H groups in total. The molecule has 6 nitrogen and oxygen atoms in total. The van der Waals surface area contributed by atoms with Crippen LogP contribution in [-0.2, 0) is 19.6 Å². The summed E-state index contributed by atoms with van der Waals surface area (Å²) in [4.78, 5) is 12.0. The molecule has 2 heterocycles. The zero-order valence-corrected chi connectivity index (χ0v) is 14.8. The van der Waals surface area contributed by atoms with Crippen LogP contribution in [0.5, 0.6) is 0 Å². The standard InChI is InChI=1S/C17H22N2O4S/c1-13(17(20)23-2)19-11-8-14-12-15(6-7-16(14)19)24(21,22)18-9-4-3-5-10-18/h6-8,11-13H,3-5,9-10H2,1-2H3. The van der Waals surface area contributed by atoms with Gasteiger partial charge in [-0.15, -0.1) is 0 Å². The van der Waals surface area contributed by atoms with E-state index in [4.69, 9.17) is 4.74 Å². The van der Waals surface area contributed by atoms with E-state index >= 15 is 0 Å². The Morgan fingerprint density at radius 1 is 1.17 bits per heavy atom. The number of carbonyl (C=O) groups is 1. The number of hydrogen-bond acceptors (Lipinski definition) is 4. The molecule has 7 heteroatoms. The molecule has 0 radical (unpaired) electrons. The van der Waals surface area contributed by atoms with Gasteiger partial charge in [0.2, 0.25) is 10.0 Å². The SMILES string of the molecule is COC(=O)C(C)n1ccc2cc(S(=O)(=O)N3CCCCC3)ccc21. The van der Waals surface area contributed by atoms with E-state index in [1.807, 2.05) is 6.07 Å². The first kappa shape index (κ1) is 17.0. The van der Waals surface area contributed by atoms with E-state index in [0.717, 1.165) is 30.2 Å². The van der Waals surface area contributed by atoms with Crippen molar-refractivity contribution in [2.75, 3.05) is 20.2 Å². The molecule has 0 bridgehead atoms. The van der Waals surface area contributed by atoms with E-state index in [9.17, 15) is 13.2 Å². The van der Waals surface area contributed by atoms with Crippen molar-refractivity contribution in [1.29, 1.82) is 0 Å². The quantitative estimate of drug-likeness (QED) is 0.795. The number of esters is 1. The minimum atomic E-state index is -3.45. The second kappa shape index (κ2) is 6.57. The molecule has 1 aromatic carbocycles. The highest BCUT2D eigenvalue weighted by atomic mass is 32.2. The Hall–Kier alpha value is -1.86. The fraction of sp³-hybridized carbons (Fsp3) is 0.471. The maximum absolute atomic E-state index is 12.8. The Balaban J connectivity index is 1.97. The second-order valence-corrected chi connectivity index (χ2v) is 8.05. The number of benzene rings is 1. The van der Waals surface area contributed by atoms with Crippen LogP contribution in [-0.4, -0.2) is 43.5 Å². The van der Waals surface area contributed by atoms with Crippen LogP contribution < -0.4 is 0 Å². The highest BCUT2D eigenvalue weighted by Crippen LogP contribution is 2.26. The molecule has 1 atom stereocenters. The molecular formula is C17H22N2O4S. The monoisotopic (exact) mass is 350 g/mol. The van der Waals surface area contributed by atoms with Gasteiger partial charge in [0.25, 0.3) is 0 Å². The highest BCUT2D eigenvalue weighted by Gasteiger charge is 2.26. The first-order valence-corrected chi connectivity index (χ1v) is 9.58. The average Bonchev–Trinajstić information content (AvgIpc) is 3.04. The molecule has 1 aliphatic rings. The number of hydrogen-bond donors (Lipinski definition) is 0. The number of ether oxygens (including phenoxy) is 1. The Labute approximate surface area is 142 Å². The topological polar surface area (TPSA) is 68.6 Å². The van der Waals surface area contributed by atoms with E-state index in [2.05, 4.69) is 0 Å². The van der Waals surface area contributed by atoms with Gasteiger partial charge < -0.3 is 9.30 Å². The maximum Gasteiger partial charge on any atom is 0.328 e. The molecule has 0 spiro atoms. The third-order valence-corrected chi connectivity index (χ3v) is 6.50. The van der Waals surface area contributed by atoms with Crippen LogP contribution in [0.15, 0.2) is 35.4 Å². The highest BCUT2D eigenvalue weighted by molar-refractivity contribution is 7.89. The summed E-state index contributed by atoms with van der Waals surface area (Å²) in [5, 5.41) is 0.795. The van der Waals surface area contributed by atoms with Crippen molar-refractivity contribution in [3.63, 3.8) is 0 Å². The predicted molar refractivity (Wildman–Crippen MR) is 91.3 cm³/mol. The summed E-state index contributed by atoms with van der Waals surface area (Å²) in [6.45, 7) is 2.92. The molecule has 130 valence electrons. The van der Waals surface area contributed by atoms with Gasteiger partial charge >= 0.3 is 5.97 Å². The van der Waals surface area contributed by atoms with Gasteiger partial charge in [-0.05, 0) is 44.0 Å². The fourth-order valence-electron chi connectivity index (χ4n) is 3.18. The molecule has 1 aliphatic heterocycles. The molecule has 1 saturated heterocycles. The molecule has 1 unspecified atom stereocenters. The lowest BCUT2D eigenvalue weighted by Gasteiger charge is -2.25. The molecule has 0 amide bonds. The van der Waals surface area contributed by atoms with E-state index < -0.39 is 16.1 Å². The molecular weight excluding hydrogens is 328 g/mol. The van der Waals surface area contributed by atoms with Crippen molar-refractivity contribution >= 4 is 26.9 Å². The zero-order chi connectivity index (χ0) is 17.3. The van der Waals surface area contributed by atoms with Crippen LogP contribution in [0.4, 0.5) is 0 Å². The molecule has 0 aliphatic carbocycles. The smallest absolute Gasteiger partial charge is 0.328 e. The predicted octanol–water partition coefficient (Wildman–Crippen LogP) is 2.55. The summed E-state index contributed by atoms with van der Waals surface area (Å²) < 4.78 is 33.7. The lowest BCUT2D eigenvalue weighted by atomic mass is 10.2. The van der Waals surface area contributed by atoms with Crippen molar-refractivity contribution in [2.45, 2.75) is 37.1 Å². The molecule has 2 aromatic rings. The van der Waals surface area contributed by atoms with Crippen LogP contribution in [0.1, 0.15) is 32.2 Å². The Bertz CT molecular complexity index is 851. The van der Waals surface area contributed by atoms with E-state index in [-0.39, 0.29) is 5.97 Å². The Morgan fingerprint density at radius 2 is 1.88 bits per heavy atom. The van der Waals surface area contributed by atoms with Crippen LogP contribution in [0, 0.1) is 0 Å². The van der Waals surface area contributed by atoms with Gasteiger partial charge in [-0.1, -0.05) is 6.42 Å².